The third-order valence-electron chi connectivity index (χ3n) is 6.72. The second kappa shape index (κ2) is 9.68. The summed E-state index contributed by atoms with van der Waals surface area (Å²) < 4.78 is 5.14. The van der Waals surface area contributed by atoms with Crippen LogP contribution < -0.4 is 10.1 Å². The van der Waals surface area contributed by atoms with Gasteiger partial charge in [0.2, 0.25) is 5.88 Å². The second-order valence-electron chi connectivity index (χ2n) is 8.61. The van der Waals surface area contributed by atoms with E-state index in [9.17, 15) is 4.79 Å². The number of aromatic nitrogens is 2. The summed E-state index contributed by atoms with van der Waals surface area (Å²) in [6, 6.07) is 22.1. The minimum absolute atomic E-state index is 0.0918. The molecule has 2 aliphatic rings. The van der Waals surface area contributed by atoms with Crippen molar-refractivity contribution in [2.24, 2.45) is 0 Å². The number of piperazine rings is 2. The maximum absolute atomic E-state index is 13.1. The molecule has 2 aromatic carbocycles. The molecule has 0 spiro atoms. The van der Waals surface area contributed by atoms with Gasteiger partial charge >= 0.3 is 0 Å². The summed E-state index contributed by atoms with van der Waals surface area (Å²) in [5.74, 6) is 0.521. The molecule has 0 unspecified atom stereocenters. The molecular formula is C26H29N5O2. The molecule has 0 bridgehead atoms. The number of rotatable bonds is 5. The summed E-state index contributed by atoms with van der Waals surface area (Å²) in [5, 5.41) is 3.64. The summed E-state index contributed by atoms with van der Waals surface area (Å²) >= 11 is 0. The van der Waals surface area contributed by atoms with Gasteiger partial charge in [-0.2, -0.15) is 0 Å². The number of amides is 1. The van der Waals surface area contributed by atoms with Crippen molar-refractivity contribution < 1.29 is 9.53 Å². The fourth-order valence-corrected chi connectivity index (χ4v) is 5.17. The van der Waals surface area contributed by atoms with E-state index in [0.717, 1.165) is 19.6 Å². The van der Waals surface area contributed by atoms with Crippen LogP contribution in [0.1, 0.15) is 27.5 Å². The lowest BCUT2D eigenvalue weighted by Crippen LogP contribution is -2.66. The van der Waals surface area contributed by atoms with E-state index in [1.54, 1.807) is 0 Å². The van der Waals surface area contributed by atoms with Crippen molar-refractivity contribution >= 4 is 5.91 Å². The first kappa shape index (κ1) is 21.6. The molecule has 7 nitrogen and oxygen atoms in total. The topological polar surface area (TPSA) is 70.6 Å². The number of ether oxygens (including phenoxy) is 1. The third-order valence-corrected chi connectivity index (χ3v) is 6.72. The third kappa shape index (κ3) is 4.47. The summed E-state index contributed by atoms with van der Waals surface area (Å²) in [5.41, 5.74) is 2.97. The molecule has 7 heteroatoms. The predicted octanol–water partition coefficient (Wildman–Crippen LogP) is 2.42. The van der Waals surface area contributed by atoms with E-state index in [-0.39, 0.29) is 17.9 Å². The van der Waals surface area contributed by atoms with E-state index in [2.05, 4.69) is 80.8 Å². The van der Waals surface area contributed by atoms with Gasteiger partial charge in [-0.15, -0.1) is 0 Å². The zero-order chi connectivity index (χ0) is 22.6. The number of nitrogens with one attached hydrogen (secondary N) is 1. The predicted molar refractivity (Wildman–Crippen MR) is 126 cm³/mol. The normalized spacial score (nSPS) is 21.0. The Morgan fingerprint density at radius 1 is 1.00 bits per heavy atom. The lowest BCUT2D eigenvalue weighted by atomic mass is 9.82. The molecule has 2 fully saturated rings. The molecule has 0 saturated carbocycles. The zero-order valence-corrected chi connectivity index (χ0v) is 18.8. The summed E-state index contributed by atoms with van der Waals surface area (Å²) in [6.07, 6.45) is 3.03. The van der Waals surface area contributed by atoms with Gasteiger partial charge in [0, 0.05) is 50.7 Å². The maximum atomic E-state index is 13.1. The van der Waals surface area contributed by atoms with Gasteiger partial charge in [0.15, 0.2) is 5.69 Å². The van der Waals surface area contributed by atoms with Crippen LogP contribution in [0.3, 0.4) is 0 Å². The molecule has 0 radical (unpaired) electrons. The van der Waals surface area contributed by atoms with Crippen LogP contribution in [0.25, 0.3) is 0 Å². The summed E-state index contributed by atoms with van der Waals surface area (Å²) in [7, 11) is 1.53. The van der Waals surface area contributed by atoms with Crippen LogP contribution in [0.2, 0.25) is 0 Å². The minimum atomic E-state index is -0.0918. The Labute approximate surface area is 194 Å². The van der Waals surface area contributed by atoms with Crippen molar-refractivity contribution in [3.8, 4) is 5.88 Å². The molecular weight excluding hydrogens is 414 g/mol. The quantitative estimate of drug-likeness (QED) is 0.653. The highest BCUT2D eigenvalue weighted by molar-refractivity contribution is 5.92. The van der Waals surface area contributed by atoms with Gasteiger partial charge < -0.3 is 15.0 Å². The molecule has 2 saturated heterocycles. The zero-order valence-electron chi connectivity index (χ0n) is 18.8. The molecule has 1 aromatic heterocycles. The van der Waals surface area contributed by atoms with Crippen molar-refractivity contribution in [2.45, 2.75) is 18.0 Å². The van der Waals surface area contributed by atoms with Crippen LogP contribution in [0.15, 0.2) is 73.1 Å². The molecule has 5 rings (SSSR count). The Hall–Kier alpha value is -3.29. The van der Waals surface area contributed by atoms with E-state index in [1.165, 1.54) is 30.6 Å². The van der Waals surface area contributed by atoms with E-state index in [1.807, 2.05) is 4.90 Å². The van der Waals surface area contributed by atoms with Crippen LogP contribution in [-0.2, 0) is 0 Å². The van der Waals surface area contributed by atoms with Gasteiger partial charge in [0.1, 0.15) is 0 Å². The van der Waals surface area contributed by atoms with Crippen molar-refractivity contribution in [1.82, 2.24) is 25.1 Å². The molecule has 1 N–H and O–H groups in total. The van der Waals surface area contributed by atoms with Crippen molar-refractivity contribution in [2.75, 3.05) is 39.8 Å². The lowest BCUT2D eigenvalue weighted by molar-refractivity contribution is 0.0140. The highest BCUT2D eigenvalue weighted by Crippen LogP contribution is 2.34. The molecule has 3 heterocycles. The fraction of sp³-hybridized carbons (Fsp3) is 0.346. The number of carbonyl (C=O) groups excluding carboxylic acids is 1. The number of nitrogens with zero attached hydrogens (tertiary/aromatic N) is 4. The number of fused-ring (bicyclic) bond motifs is 1. The molecule has 2 aliphatic heterocycles. The van der Waals surface area contributed by atoms with E-state index >= 15 is 0 Å². The van der Waals surface area contributed by atoms with Crippen LogP contribution >= 0.6 is 0 Å². The highest BCUT2D eigenvalue weighted by Gasteiger charge is 2.40. The Kier molecular flexibility index (Phi) is 6.32. The number of benzene rings is 2. The number of carbonyl (C=O) groups is 1. The monoisotopic (exact) mass is 443 g/mol. The first-order valence-corrected chi connectivity index (χ1v) is 11.5. The number of hydrogen-bond acceptors (Lipinski definition) is 6. The summed E-state index contributed by atoms with van der Waals surface area (Å²) in [4.78, 5) is 26.0. The van der Waals surface area contributed by atoms with Crippen LogP contribution in [0.5, 0.6) is 5.88 Å². The molecule has 3 aromatic rings. The Morgan fingerprint density at radius 2 is 1.70 bits per heavy atom. The second-order valence-corrected chi connectivity index (χ2v) is 8.61. The van der Waals surface area contributed by atoms with Gasteiger partial charge in [0.25, 0.3) is 5.91 Å². The standard InChI is InChI=1S/C26H29N5O2/c1-33-24-17-28-15-22(29-24)26(32)30-12-13-31-21(18-30)14-27-16-23(31)25(19-8-4-2-5-9-19)20-10-6-3-7-11-20/h2-11,15,17,21,23,25,27H,12-14,16,18H2,1H3/t21-,23-/m0/s1. The lowest BCUT2D eigenvalue weighted by Gasteiger charge is -2.50. The largest absolute Gasteiger partial charge is 0.480 e. The fourth-order valence-electron chi connectivity index (χ4n) is 5.17. The molecule has 170 valence electrons. The van der Waals surface area contributed by atoms with E-state index in [4.69, 9.17) is 4.74 Å². The highest BCUT2D eigenvalue weighted by atomic mass is 16.5. The van der Waals surface area contributed by atoms with Gasteiger partial charge in [-0.1, -0.05) is 60.7 Å². The van der Waals surface area contributed by atoms with Crippen molar-refractivity contribution in [3.63, 3.8) is 0 Å². The van der Waals surface area contributed by atoms with Crippen LogP contribution in [0, 0.1) is 0 Å². The first-order valence-electron chi connectivity index (χ1n) is 11.5. The molecule has 0 aliphatic carbocycles. The Bertz CT molecular complexity index is 1040. The van der Waals surface area contributed by atoms with Gasteiger partial charge in [-0.25, -0.2) is 4.98 Å². The average molecular weight is 444 g/mol. The van der Waals surface area contributed by atoms with Crippen molar-refractivity contribution in [1.29, 1.82) is 0 Å². The van der Waals surface area contributed by atoms with E-state index < -0.39 is 0 Å². The minimum Gasteiger partial charge on any atom is -0.480 e. The number of methoxy groups -OCH3 is 1. The van der Waals surface area contributed by atoms with E-state index in [0.29, 0.717) is 30.7 Å². The Balaban J connectivity index is 1.38. The van der Waals surface area contributed by atoms with Crippen LogP contribution in [-0.4, -0.2) is 77.6 Å². The van der Waals surface area contributed by atoms with Crippen molar-refractivity contribution in [3.05, 3.63) is 89.9 Å². The van der Waals surface area contributed by atoms with Crippen LogP contribution in [0.4, 0.5) is 0 Å². The smallest absolute Gasteiger partial charge is 0.274 e. The summed E-state index contributed by atoms with van der Waals surface area (Å²) in [6.45, 7) is 3.94. The molecule has 33 heavy (non-hydrogen) atoms. The average Bonchev–Trinajstić information content (AvgIpc) is 2.89. The first-order chi connectivity index (χ1) is 16.2. The number of hydrogen-bond donors (Lipinski definition) is 1. The SMILES string of the molecule is COc1cncc(C(=O)N2CCN3[C@@H](CNC[C@H]3C(c3ccccc3)c3ccccc3)C2)n1. The van der Waals surface area contributed by atoms with Gasteiger partial charge in [0.05, 0.1) is 19.5 Å². The molecule has 1 amide bonds. The van der Waals surface area contributed by atoms with Gasteiger partial charge in [-0.3, -0.25) is 14.7 Å². The molecule has 2 atom stereocenters. The van der Waals surface area contributed by atoms with Gasteiger partial charge in [-0.05, 0) is 11.1 Å². The Morgan fingerprint density at radius 3 is 2.36 bits per heavy atom. The maximum Gasteiger partial charge on any atom is 0.274 e.